The molecule has 0 spiro atoms. The quantitative estimate of drug-likeness (QED) is 0.939. The topological polar surface area (TPSA) is 50.2 Å². The second kappa shape index (κ2) is 5.33. The van der Waals surface area contributed by atoms with Gasteiger partial charge in [-0.15, -0.1) is 0 Å². The van der Waals surface area contributed by atoms with E-state index in [1.165, 1.54) is 18.0 Å². The van der Waals surface area contributed by atoms with Gasteiger partial charge < -0.3 is 5.11 Å². The number of carboxylic acid groups (broad SMARTS) is 1. The number of aromatic carboxylic acids is 1. The van der Waals surface area contributed by atoms with Crippen LogP contribution in [-0.4, -0.2) is 16.1 Å². The van der Waals surface area contributed by atoms with Crippen LogP contribution in [0.3, 0.4) is 0 Å². The van der Waals surface area contributed by atoms with Crippen molar-refractivity contribution >= 4 is 33.7 Å². The lowest BCUT2D eigenvalue weighted by Gasteiger charge is -2.04. The maximum Gasteiger partial charge on any atom is 0.354 e. The monoisotopic (exact) mass is 309 g/mol. The molecule has 0 aliphatic rings. The van der Waals surface area contributed by atoms with Crippen molar-refractivity contribution in [2.24, 2.45) is 0 Å². The molecule has 0 bridgehead atoms. The number of halogens is 1. The van der Waals surface area contributed by atoms with Crippen molar-refractivity contribution in [2.45, 2.75) is 9.79 Å². The Balaban J connectivity index is 2.28. The van der Waals surface area contributed by atoms with Crippen molar-refractivity contribution in [3.8, 4) is 0 Å². The highest BCUT2D eigenvalue weighted by atomic mass is 79.9. The summed E-state index contributed by atoms with van der Waals surface area (Å²) < 4.78 is 0.985. The molecule has 1 aromatic carbocycles. The van der Waals surface area contributed by atoms with E-state index in [1.807, 2.05) is 24.3 Å². The van der Waals surface area contributed by atoms with Gasteiger partial charge in [0.05, 0.1) is 0 Å². The van der Waals surface area contributed by atoms with Gasteiger partial charge in [0, 0.05) is 20.5 Å². The molecule has 0 atom stereocenters. The Labute approximate surface area is 111 Å². The molecule has 0 fully saturated rings. The number of carboxylic acids is 1. The molecule has 2 aromatic rings. The lowest BCUT2D eigenvalue weighted by Crippen LogP contribution is -1.99. The van der Waals surface area contributed by atoms with E-state index in [9.17, 15) is 4.79 Å². The van der Waals surface area contributed by atoms with Gasteiger partial charge in [0.15, 0.2) is 0 Å². The second-order valence-corrected chi connectivity index (χ2v) is 5.18. The van der Waals surface area contributed by atoms with Crippen LogP contribution in [0.15, 0.2) is 56.9 Å². The highest BCUT2D eigenvalue weighted by molar-refractivity contribution is 9.10. The first-order chi connectivity index (χ1) is 8.16. The lowest BCUT2D eigenvalue weighted by atomic mass is 10.3. The van der Waals surface area contributed by atoms with Gasteiger partial charge in [-0.25, -0.2) is 9.78 Å². The summed E-state index contributed by atoms with van der Waals surface area (Å²) in [6.07, 6.45) is 1.50. The Morgan fingerprint density at radius 3 is 2.76 bits per heavy atom. The van der Waals surface area contributed by atoms with Gasteiger partial charge >= 0.3 is 5.97 Å². The minimum Gasteiger partial charge on any atom is -0.477 e. The molecule has 0 amide bonds. The van der Waals surface area contributed by atoms with E-state index in [0.717, 1.165) is 14.3 Å². The van der Waals surface area contributed by atoms with Crippen molar-refractivity contribution in [1.29, 1.82) is 0 Å². The maximum absolute atomic E-state index is 10.8. The highest BCUT2D eigenvalue weighted by Crippen LogP contribution is 2.33. The van der Waals surface area contributed by atoms with Crippen LogP contribution in [0.2, 0.25) is 0 Å². The van der Waals surface area contributed by atoms with E-state index < -0.39 is 5.97 Å². The number of hydrogen-bond donors (Lipinski definition) is 1. The Bertz CT molecular complexity index is 560. The van der Waals surface area contributed by atoms with Crippen LogP contribution in [0.5, 0.6) is 0 Å². The van der Waals surface area contributed by atoms with Crippen molar-refractivity contribution in [3.63, 3.8) is 0 Å². The molecule has 17 heavy (non-hydrogen) atoms. The van der Waals surface area contributed by atoms with Gasteiger partial charge in [-0.05, 0) is 40.2 Å². The number of benzene rings is 1. The molecule has 86 valence electrons. The van der Waals surface area contributed by atoms with Gasteiger partial charge in [-0.2, -0.15) is 0 Å². The minimum absolute atomic E-state index is 0.0575. The van der Waals surface area contributed by atoms with Gasteiger partial charge in [0.25, 0.3) is 0 Å². The zero-order valence-electron chi connectivity index (χ0n) is 8.63. The molecule has 1 N–H and O–H groups in total. The predicted octanol–water partition coefficient (Wildman–Crippen LogP) is 3.69. The number of pyridine rings is 1. The Morgan fingerprint density at radius 2 is 2.06 bits per heavy atom. The lowest BCUT2D eigenvalue weighted by molar-refractivity contribution is 0.0690. The number of hydrogen-bond acceptors (Lipinski definition) is 3. The molecular formula is C12H8BrNO2S. The third-order valence-electron chi connectivity index (χ3n) is 2.01. The number of rotatable bonds is 3. The smallest absolute Gasteiger partial charge is 0.354 e. The number of carbonyl (C=O) groups is 1. The standard InChI is InChI=1S/C12H8BrNO2S/c13-9-3-1-2-4-11(9)17-8-5-6-14-10(7-8)12(15)16/h1-7H,(H,15,16). The molecule has 0 unspecified atom stereocenters. The van der Waals surface area contributed by atoms with Crippen molar-refractivity contribution in [2.75, 3.05) is 0 Å². The predicted molar refractivity (Wildman–Crippen MR) is 69.5 cm³/mol. The SMILES string of the molecule is O=C(O)c1cc(Sc2ccccc2Br)ccn1. The van der Waals surface area contributed by atoms with E-state index in [0.29, 0.717) is 0 Å². The van der Waals surface area contributed by atoms with Crippen LogP contribution in [0, 0.1) is 0 Å². The van der Waals surface area contributed by atoms with Crippen LogP contribution in [0.1, 0.15) is 10.5 Å². The summed E-state index contributed by atoms with van der Waals surface area (Å²) in [5, 5.41) is 8.85. The highest BCUT2D eigenvalue weighted by Gasteiger charge is 2.07. The molecule has 0 saturated carbocycles. The Morgan fingerprint density at radius 1 is 1.29 bits per heavy atom. The second-order valence-electron chi connectivity index (χ2n) is 3.21. The molecule has 1 aromatic heterocycles. The molecule has 0 saturated heterocycles. The molecule has 2 rings (SSSR count). The average Bonchev–Trinajstić information content (AvgIpc) is 2.32. The van der Waals surface area contributed by atoms with Crippen molar-refractivity contribution in [1.82, 2.24) is 4.98 Å². The van der Waals surface area contributed by atoms with Gasteiger partial charge in [0.1, 0.15) is 5.69 Å². The summed E-state index contributed by atoms with van der Waals surface area (Å²) in [7, 11) is 0. The van der Waals surface area contributed by atoms with Gasteiger partial charge in [-0.3, -0.25) is 0 Å². The summed E-state index contributed by atoms with van der Waals surface area (Å²) in [6.45, 7) is 0. The molecule has 0 aliphatic heterocycles. The molecule has 0 radical (unpaired) electrons. The van der Waals surface area contributed by atoms with Crippen molar-refractivity contribution < 1.29 is 9.90 Å². The van der Waals surface area contributed by atoms with Gasteiger partial charge in [0.2, 0.25) is 0 Å². The molecule has 1 heterocycles. The van der Waals surface area contributed by atoms with E-state index >= 15 is 0 Å². The number of aromatic nitrogens is 1. The minimum atomic E-state index is -1.01. The summed E-state index contributed by atoms with van der Waals surface area (Å²) in [6, 6.07) is 11.1. The first-order valence-electron chi connectivity index (χ1n) is 4.78. The molecule has 0 aliphatic carbocycles. The first kappa shape index (κ1) is 12.1. The largest absolute Gasteiger partial charge is 0.477 e. The maximum atomic E-state index is 10.8. The summed E-state index contributed by atoms with van der Waals surface area (Å²) in [4.78, 5) is 16.5. The van der Waals surface area contributed by atoms with Crippen LogP contribution in [0.25, 0.3) is 0 Å². The molecule has 5 heteroatoms. The summed E-state index contributed by atoms with van der Waals surface area (Å²) >= 11 is 4.94. The average molecular weight is 310 g/mol. The third-order valence-corrected chi connectivity index (χ3v) is 4.03. The van der Waals surface area contributed by atoms with Crippen LogP contribution in [-0.2, 0) is 0 Å². The Kier molecular flexibility index (Phi) is 3.81. The fraction of sp³-hybridized carbons (Fsp3) is 0. The third kappa shape index (κ3) is 3.08. The number of nitrogens with zero attached hydrogens (tertiary/aromatic N) is 1. The van der Waals surface area contributed by atoms with E-state index in [4.69, 9.17) is 5.11 Å². The zero-order valence-corrected chi connectivity index (χ0v) is 11.0. The first-order valence-corrected chi connectivity index (χ1v) is 6.39. The molecular weight excluding hydrogens is 302 g/mol. The van der Waals surface area contributed by atoms with Crippen LogP contribution < -0.4 is 0 Å². The van der Waals surface area contributed by atoms with Crippen LogP contribution >= 0.6 is 27.7 Å². The summed E-state index contributed by atoms with van der Waals surface area (Å²) in [5.74, 6) is -1.01. The normalized spacial score (nSPS) is 10.2. The van der Waals surface area contributed by atoms with Crippen molar-refractivity contribution in [3.05, 3.63) is 52.8 Å². The van der Waals surface area contributed by atoms with E-state index in [1.54, 1.807) is 12.1 Å². The van der Waals surface area contributed by atoms with Crippen LogP contribution in [0.4, 0.5) is 0 Å². The van der Waals surface area contributed by atoms with Gasteiger partial charge in [-0.1, -0.05) is 23.9 Å². The fourth-order valence-electron chi connectivity index (χ4n) is 1.25. The Hall–Kier alpha value is -1.33. The van der Waals surface area contributed by atoms with E-state index in [2.05, 4.69) is 20.9 Å². The fourth-order valence-corrected chi connectivity index (χ4v) is 2.64. The molecule has 3 nitrogen and oxygen atoms in total. The summed E-state index contributed by atoms with van der Waals surface area (Å²) in [5.41, 5.74) is 0.0575. The zero-order chi connectivity index (χ0) is 12.3. The van der Waals surface area contributed by atoms with E-state index in [-0.39, 0.29) is 5.69 Å².